The molecule has 1 aliphatic heterocycles. The minimum Gasteiger partial charge on any atom is -0.379 e. The molecule has 10 heteroatoms. The van der Waals surface area contributed by atoms with Gasteiger partial charge in [-0.15, -0.1) is 0 Å². The van der Waals surface area contributed by atoms with Crippen LogP contribution in [0.3, 0.4) is 0 Å². The van der Waals surface area contributed by atoms with E-state index in [-0.39, 0.29) is 5.78 Å². The molecule has 0 atom stereocenters. The number of morpholine rings is 1. The molecule has 214 valence electrons. The van der Waals surface area contributed by atoms with Crippen LogP contribution in [0.15, 0.2) is 73.1 Å². The number of nitrogens with one attached hydrogen (secondary N) is 1. The predicted molar refractivity (Wildman–Crippen MR) is 151 cm³/mol. The SMILES string of the molecule is O=C(CCC(F)(F)F)Nc1cccc(-n2cnc3cc(-c4ccc(C(=O)CCCN5CCOCC5)cc4)ccc32)c1. The molecule has 1 fully saturated rings. The zero-order chi connectivity index (χ0) is 28.8. The van der Waals surface area contributed by atoms with Gasteiger partial charge in [0.25, 0.3) is 0 Å². The highest BCUT2D eigenvalue weighted by atomic mass is 19.4. The van der Waals surface area contributed by atoms with Gasteiger partial charge >= 0.3 is 6.18 Å². The Morgan fingerprint density at radius 1 is 0.927 bits per heavy atom. The molecule has 1 saturated heterocycles. The number of benzene rings is 3. The first kappa shape index (κ1) is 28.5. The lowest BCUT2D eigenvalue weighted by molar-refractivity contribution is -0.142. The number of aromatic nitrogens is 2. The van der Waals surface area contributed by atoms with Crippen LogP contribution >= 0.6 is 0 Å². The normalized spacial score (nSPS) is 14.3. The predicted octanol–water partition coefficient (Wildman–Crippen LogP) is 6.27. The Hall–Kier alpha value is -4.02. The third-order valence-corrected chi connectivity index (χ3v) is 7.11. The van der Waals surface area contributed by atoms with Gasteiger partial charge in [-0.25, -0.2) is 4.98 Å². The molecule has 1 aliphatic rings. The maximum absolute atomic E-state index is 12.7. The molecule has 0 saturated carbocycles. The Bertz CT molecular complexity index is 1510. The fourth-order valence-electron chi connectivity index (χ4n) is 4.89. The van der Waals surface area contributed by atoms with Gasteiger partial charge in [-0.05, 0) is 54.4 Å². The van der Waals surface area contributed by atoms with Crippen molar-refractivity contribution in [1.82, 2.24) is 14.5 Å². The molecule has 0 aliphatic carbocycles. The van der Waals surface area contributed by atoms with Gasteiger partial charge in [0, 0.05) is 42.9 Å². The van der Waals surface area contributed by atoms with Crippen molar-refractivity contribution in [2.24, 2.45) is 0 Å². The number of ketones is 1. The van der Waals surface area contributed by atoms with E-state index < -0.39 is 24.9 Å². The van der Waals surface area contributed by atoms with E-state index >= 15 is 0 Å². The second-order valence-corrected chi connectivity index (χ2v) is 10.1. The van der Waals surface area contributed by atoms with Crippen LogP contribution in [-0.4, -0.2) is 65.2 Å². The second-order valence-electron chi connectivity index (χ2n) is 10.1. The molecule has 4 aromatic rings. The van der Waals surface area contributed by atoms with E-state index in [1.54, 1.807) is 24.5 Å². The largest absolute Gasteiger partial charge is 0.389 e. The van der Waals surface area contributed by atoms with Gasteiger partial charge in [0.1, 0.15) is 6.33 Å². The minimum atomic E-state index is -4.38. The highest BCUT2D eigenvalue weighted by Gasteiger charge is 2.27. The van der Waals surface area contributed by atoms with E-state index in [4.69, 9.17) is 4.74 Å². The van der Waals surface area contributed by atoms with Crippen molar-refractivity contribution in [2.45, 2.75) is 31.9 Å². The fraction of sp³-hybridized carbons (Fsp3) is 0.323. The van der Waals surface area contributed by atoms with Gasteiger partial charge in [-0.3, -0.25) is 19.1 Å². The molecule has 41 heavy (non-hydrogen) atoms. The number of nitrogens with zero attached hydrogens (tertiary/aromatic N) is 3. The maximum Gasteiger partial charge on any atom is 0.389 e. The van der Waals surface area contributed by atoms with Crippen LogP contribution in [0.4, 0.5) is 18.9 Å². The lowest BCUT2D eigenvalue weighted by Gasteiger charge is -2.26. The highest BCUT2D eigenvalue weighted by molar-refractivity contribution is 5.96. The Balaban J connectivity index is 1.23. The van der Waals surface area contributed by atoms with E-state index in [0.717, 1.165) is 61.4 Å². The average Bonchev–Trinajstić information content (AvgIpc) is 3.40. The molecule has 2 heterocycles. The molecule has 3 aromatic carbocycles. The number of imidazole rings is 1. The van der Waals surface area contributed by atoms with Crippen molar-refractivity contribution < 1.29 is 27.5 Å². The number of carbonyl (C=O) groups excluding carboxylic acids is 2. The first-order valence-corrected chi connectivity index (χ1v) is 13.6. The van der Waals surface area contributed by atoms with Crippen LogP contribution in [0.2, 0.25) is 0 Å². The Morgan fingerprint density at radius 2 is 1.68 bits per heavy atom. The number of Topliss-reactive ketones (excluding diaryl/α,β-unsaturated/α-hetero) is 1. The van der Waals surface area contributed by atoms with Crippen LogP contribution < -0.4 is 5.32 Å². The van der Waals surface area contributed by atoms with Crippen molar-refractivity contribution in [1.29, 1.82) is 0 Å². The third kappa shape index (κ3) is 7.59. The summed E-state index contributed by atoms with van der Waals surface area (Å²) >= 11 is 0. The number of hydrogen-bond donors (Lipinski definition) is 1. The van der Waals surface area contributed by atoms with Gasteiger partial charge < -0.3 is 10.1 Å². The number of fused-ring (bicyclic) bond motifs is 1. The van der Waals surface area contributed by atoms with E-state index in [1.807, 2.05) is 53.1 Å². The van der Waals surface area contributed by atoms with Crippen molar-refractivity contribution in [3.05, 3.63) is 78.6 Å². The first-order chi connectivity index (χ1) is 19.7. The standard InChI is InChI=1S/C31H31F3N4O3/c32-31(33,34)13-12-30(40)36-25-3-1-4-26(20-25)38-21-35-27-19-24(10-11-28(27)38)22-6-8-23(9-7-22)29(39)5-2-14-37-15-17-41-18-16-37/h1,3-4,6-11,19-21H,2,5,12-18H2,(H,36,40). The number of ether oxygens (including phenoxy) is 1. The quantitative estimate of drug-likeness (QED) is 0.230. The number of halogens is 3. The van der Waals surface area contributed by atoms with Crippen LogP contribution in [0.5, 0.6) is 0 Å². The van der Waals surface area contributed by atoms with Gasteiger partial charge in [0.05, 0.1) is 30.7 Å². The zero-order valence-corrected chi connectivity index (χ0v) is 22.5. The number of carbonyl (C=O) groups is 2. The molecular weight excluding hydrogens is 533 g/mol. The summed E-state index contributed by atoms with van der Waals surface area (Å²) in [5.74, 6) is -0.557. The second kappa shape index (κ2) is 12.7. The summed E-state index contributed by atoms with van der Waals surface area (Å²) < 4.78 is 44.5. The van der Waals surface area contributed by atoms with Crippen LogP contribution in [0.25, 0.3) is 27.8 Å². The molecule has 0 radical (unpaired) electrons. The third-order valence-electron chi connectivity index (χ3n) is 7.11. The molecule has 1 amide bonds. The Morgan fingerprint density at radius 3 is 2.44 bits per heavy atom. The fourth-order valence-corrected chi connectivity index (χ4v) is 4.89. The molecular formula is C31H31F3N4O3. The molecule has 5 rings (SSSR count). The molecule has 7 nitrogen and oxygen atoms in total. The summed E-state index contributed by atoms with van der Waals surface area (Å²) in [6.07, 6.45) is -3.17. The summed E-state index contributed by atoms with van der Waals surface area (Å²) in [6.45, 7) is 4.26. The van der Waals surface area contributed by atoms with E-state index in [9.17, 15) is 22.8 Å². The van der Waals surface area contributed by atoms with Gasteiger partial charge in [-0.2, -0.15) is 13.2 Å². The number of hydrogen-bond acceptors (Lipinski definition) is 5. The summed E-state index contributed by atoms with van der Waals surface area (Å²) in [5.41, 5.74) is 5.34. The molecule has 1 N–H and O–H groups in total. The lowest BCUT2D eigenvalue weighted by atomic mass is 10.0. The summed E-state index contributed by atoms with van der Waals surface area (Å²) in [7, 11) is 0. The smallest absolute Gasteiger partial charge is 0.379 e. The van der Waals surface area contributed by atoms with Crippen molar-refractivity contribution in [3.63, 3.8) is 0 Å². The summed E-state index contributed by atoms with van der Waals surface area (Å²) in [5, 5.41) is 2.53. The lowest BCUT2D eigenvalue weighted by Crippen LogP contribution is -2.36. The molecule has 0 spiro atoms. The Kier molecular flexibility index (Phi) is 8.80. The number of alkyl halides is 3. The topological polar surface area (TPSA) is 76.5 Å². The molecule has 0 bridgehead atoms. The molecule has 0 unspecified atom stereocenters. The van der Waals surface area contributed by atoms with Crippen LogP contribution in [0, 0.1) is 0 Å². The zero-order valence-electron chi connectivity index (χ0n) is 22.5. The number of rotatable bonds is 10. The first-order valence-electron chi connectivity index (χ1n) is 13.6. The average molecular weight is 565 g/mol. The molecule has 1 aromatic heterocycles. The summed E-state index contributed by atoms with van der Waals surface area (Å²) in [4.78, 5) is 31.5. The number of anilines is 1. The van der Waals surface area contributed by atoms with Gasteiger partial charge in [-0.1, -0.05) is 36.4 Å². The van der Waals surface area contributed by atoms with E-state index in [0.29, 0.717) is 23.4 Å². The van der Waals surface area contributed by atoms with Crippen molar-refractivity contribution >= 4 is 28.4 Å². The van der Waals surface area contributed by atoms with E-state index in [2.05, 4.69) is 15.2 Å². The van der Waals surface area contributed by atoms with Crippen molar-refractivity contribution in [3.8, 4) is 16.8 Å². The van der Waals surface area contributed by atoms with E-state index in [1.165, 1.54) is 0 Å². The van der Waals surface area contributed by atoms with Crippen LogP contribution in [0.1, 0.15) is 36.0 Å². The van der Waals surface area contributed by atoms with Gasteiger partial charge in [0.2, 0.25) is 5.91 Å². The minimum absolute atomic E-state index is 0.137. The van der Waals surface area contributed by atoms with Crippen molar-refractivity contribution in [2.75, 3.05) is 38.2 Å². The van der Waals surface area contributed by atoms with Gasteiger partial charge in [0.15, 0.2) is 5.78 Å². The van der Waals surface area contributed by atoms with Crippen LogP contribution in [-0.2, 0) is 9.53 Å². The Labute approximate surface area is 235 Å². The highest BCUT2D eigenvalue weighted by Crippen LogP contribution is 2.27. The number of amides is 1. The maximum atomic E-state index is 12.7. The summed E-state index contributed by atoms with van der Waals surface area (Å²) in [6, 6.07) is 20.4. The monoisotopic (exact) mass is 564 g/mol.